The zero-order chi connectivity index (χ0) is 19.1. The minimum atomic E-state index is -0.918. The molecule has 2 N–H and O–H groups in total. The van der Waals surface area contributed by atoms with Gasteiger partial charge < -0.3 is 10.1 Å². The number of carbonyl (C=O) groups excluding carboxylic acids is 3. The third-order valence-electron chi connectivity index (χ3n) is 3.32. The van der Waals surface area contributed by atoms with Crippen LogP contribution in [0.3, 0.4) is 0 Å². The van der Waals surface area contributed by atoms with E-state index in [9.17, 15) is 24.5 Å². The van der Waals surface area contributed by atoms with Crippen LogP contribution in [-0.2, 0) is 9.53 Å². The predicted molar refractivity (Wildman–Crippen MR) is 91.8 cm³/mol. The van der Waals surface area contributed by atoms with E-state index in [2.05, 4.69) is 10.6 Å². The number of carbonyl (C=O) groups is 3. The fraction of sp³-hybridized carbons (Fsp3) is 0.118. The second-order valence-corrected chi connectivity index (χ2v) is 5.06. The molecule has 0 saturated heterocycles. The van der Waals surface area contributed by atoms with Crippen LogP contribution < -0.4 is 10.6 Å². The van der Waals surface area contributed by atoms with Gasteiger partial charge in [-0.2, -0.15) is 0 Å². The van der Waals surface area contributed by atoms with E-state index >= 15 is 0 Å². The van der Waals surface area contributed by atoms with E-state index in [1.54, 1.807) is 18.2 Å². The van der Waals surface area contributed by atoms with Crippen molar-refractivity contribution in [3.63, 3.8) is 0 Å². The molecular formula is C17H15N3O6. The number of ether oxygens (including phenoxy) is 1. The summed E-state index contributed by atoms with van der Waals surface area (Å²) in [6, 6.07) is 11.8. The minimum absolute atomic E-state index is 0.0853. The smallest absolute Gasteiger partial charge is 0.338 e. The van der Waals surface area contributed by atoms with Gasteiger partial charge in [0, 0.05) is 18.7 Å². The number of hydrogen-bond donors (Lipinski definition) is 2. The average Bonchev–Trinajstić information content (AvgIpc) is 2.66. The lowest BCUT2D eigenvalue weighted by Gasteiger charge is -2.07. The maximum Gasteiger partial charge on any atom is 0.338 e. The quantitative estimate of drug-likeness (QED) is 0.458. The van der Waals surface area contributed by atoms with Crippen molar-refractivity contribution in [2.75, 3.05) is 19.0 Å². The highest BCUT2D eigenvalue weighted by molar-refractivity contribution is 6.05. The van der Waals surface area contributed by atoms with Gasteiger partial charge in [-0.25, -0.2) is 4.79 Å². The Kier molecular flexibility index (Phi) is 5.99. The van der Waals surface area contributed by atoms with E-state index in [0.29, 0.717) is 0 Å². The van der Waals surface area contributed by atoms with Crippen molar-refractivity contribution in [3.05, 3.63) is 69.8 Å². The maximum atomic E-state index is 11.9. The molecular weight excluding hydrogens is 342 g/mol. The van der Waals surface area contributed by atoms with E-state index in [1.165, 1.54) is 31.3 Å². The molecule has 0 unspecified atom stereocenters. The number of hydrogen-bond acceptors (Lipinski definition) is 7. The van der Waals surface area contributed by atoms with Gasteiger partial charge in [-0.1, -0.05) is 18.2 Å². The largest absolute Gasteiger partial charge is 0.452 e. The van der Waals surface area contributed by atoms with Crippen molar-refractivity contribution in [2.24, 2.45) is 0 Å². The first-order valence-corrected chi connectivity index (χ1v) is 7.45. The van der Waals surface area contributed by atoms with Gasteiger partial charge in [-0.3, -0.25) is 25.0 Å². The SMILES string of the molecule is CNc1ccc(C(=O)OCC(=O)NC(=O)c2ccccc2)cc1[N+](=O)[O-]. The number of nitro benzene ring substituents is 1. The fourth-order valence-corrected chi connectivity index (χ4v) is 2.06. The number of anilines is 1. The van der Waals surface area contributed by atoms with Crippen molar-refractivity contribution in [3.8, 4) is 0 Å². The summed E-state index contributed by atoms with van der Waals surface area (Å²) in [5.41, 5.74) is 0.131. The Labute approximate surface area is 148 Å². The third kappa shape index (κ3) is 4.63. The molecule has 0 radical (unpaired) electrons. The number of amides is 2. The topological polar surface area (TPSA) is 128 Å². The summed E-state index contributed by atoms with van der Waals surface area (Å²) in [6.45, 7) is -0.695. The lowest BCUT2D eigenvalue weighted by Crippen LogP contribution is -2.34. The number of nitro groups is 1. The summed E-state index contributed by atoms with van der Waals surface area (Å²) in [6.07, 6.45) is 0. The van der Waals surface area contributed by atoms with Gasteiger partial charge in [-0.15, -0.1) is 0 Å². The molecule has 2 aromatic carbocycles. The molecule has 26 heavy (non-hydrogen) atoms. The Hall–Kier alpha value is -3.75. The second kappa shape index (κ2) is 8.38. The van der Waals surface area contributed by atoms with Crippen LogP contribution >= 0.6 is 0 Å². The van der Waals surface area contributed by atoms with Gasteiger partial charge in [0.1, 0.15) is 5.69 Å². The summed E-state index contributed by atoms with van der Waals surface area (Å²) in [4.78, 5) is 45.8. The molecule has 2 rings (SSSR count). The van der Waals surface area contributed by atoms with Crippen molar-refractivity contribution in [2.45, 2.75) is 0 Å². The van der Waals surface area contributed by atoms with Gasteiger partial charge >= 0.3 is 5.97 Å². The summed E-state index contributed by atoms with van der Waals surface area (Å²) in [5.74, 6) is -2.35. The molecule has 0 fully saturated rings. The zero-order valence-electron chi connectivity index (χ0n) is 13.7. The van der Waals surface area contributed by atoms with Gasteiger partial charge in [0.25, 0.3) is 17.5 Å². The van der Waals surface area contributed by atoms with E-state index < -0.39 is 29.3 Å². The Morgan fingerprint density at radius 1 is 1.08 bits per heavy atom. The van der Waals surface area contributed by atoms with Crippen LogP contribution in [0, 0.1) is 10.1 Å². The first-order chi connectivity index (χ1) is 12.4. The molecule has 0 bridgehead atoms. The molecule has 0 aromatic heterocycles. The van der Waals surface area contributed by atoms with Crippen molar-refractivity contribution >= 4 is 29.2 Å². The molecule has 9 heteroatoms. The molecule has 9 nitrogen and oxygen atoms in total. The molecule has 0 spiro atoms. The highest BCUT2D eigenvalue weighted by Crippen LogP contribution is 2.25. The second-order valence-electron chi connectivity index (χ2n) is 5.06. The Morgan fingerprint density at radius 3 is 2.38 bits per heavy atom. The fourth-order valence-electron chi connectivity index (χ4n) is 2.06. The number of rotatable bonds is 6. The lowest BCUT2D eigenvalue weighted by molar-refractivity contribution is -0.384. The van der Waals surface area contributed by atoms with Crippen LogP contribution in [0.25, 0.3) is 0 Å². The highest BCUT2D eigenvalue weighted by Gasteiger charge is 2.19. The number of benzene rings is 2. The zero-order valence-corrected chi connectivity index (χ0v) is 13.7. The van der Waals surface area contributed by atoms with Crippen LogP contribution in [0.1, 0.15) is 20.7 Å². The monoisotopic (exact) mass is 357 g/mol. The lowest BCUT2D eigenvalue weighted by atomic mass is 10.1. The third-order valence-corrected chi connectivity index (χ3v) is 3.32. The number of nitrogens with one attached hydrogen (secondary N) is 2. The first kappa shape index (κ1) is 18.6. The summed E-state index contributed by atoms with van der Waals surface area (Å²) < 4.78 is 4.79. The minimum Gasteiger partial charge on any atom is -0.452 e. The molecule has 2 aromatic rings. The van der Waals surface area contributed by atoms with Crippen molar-refractivity contribution in [1.82, 2.24) is 5.32 Å². The molecule has 0 aliphatic carbocycles. The maximum absolute atomic E-state index is 11.9. The average molecular weight is 357 g/mol. The van der Waals surface area contributed by atoms with Gasteiger partial charge in [0.2, 0.25) is 0 Å². The standard InChI is InChI=1S/C17H15N3O6/c1-18-13-8-7-12(9-14(13)20(24)25)17(23)26-10-15(21)19-16(22)11-5-3-2-4-6-11/h2-9,18H,10H2,1H3,(H,19,21,22). The number of esters is 1. The van der Waals surface area contributed by atoms with Crippen LogP contribution in [-0.4, -0.2) is 36.4 Å². The first-order valence-electron chi connectivity index (χ1n) is 7.45. The molecule has 0 saturated carbocycles. The summed E-state index contributed by atoms with van der Waals surface area (Å²) in [7, 11) is 1.51. The highest BCUT2D eigenvalue weighted by atomic mass is 16.6. The van der Waals surface area contributed by atoms with Crippen LogP contribution in [0.15, 0.2) is 48.5 Å². The van der Waals surface area contributed by atoms with E-state index in [-0.39, 0.29) is 22.5 Å². The Bertz CT molecular complexity index is 851. The van der Waals surface area contributed by atoms with Crippen molar-refractivity contribution < 1.29 is 24.0 Å². The summed E-state index contributed by atoms with van der Waals surface area (Å²) in [5, 5.41) is 15.7. The van der Waals surface area contributed by atoms with Crippen LogP contribution in [0.5, 0.6) is 0 Å². The van der Waals surface area contributed by atoms with E-state index in [1.807, 2.05) is 0 Å². The molecule has 0 atom stereocenters. The molecule has 2 amide bonds. The molecule has 134 valence electrons. The predicted octanol–water partition coefficient (Wildman–Crippen LogP) is 1.75. The van der Waals surface area contributed by atoms with Gasteiger partial charge in [0.05, 0.1) is 10.5 Å². The van der Waals surface area contributed by atoms with Crippen molar-refractivity contribution in [1.29, 1.82) is 0 Å². The Morgan fingerprint density at radius 2 is 1.77 bits per heavy atom. The normalized spacial score (nSPS) is 9.88. The Balaban J connectivity index is 1.96. The molecule has 0 aliphatic heterocycles. The molecule has 0 heterocycles. The van der Waals surface area contributed by atoms with Gasteiger partial charge in [0.15, 0.2) is 6.61 Å². The van der Waals surface area contributed by atoms with E-state index in [4.69, 9.17) is 4.74 Å². The van der Waals surface area contributed by atoms with Crippen LogP contribution in [0.4, 0.5) is 11.4 Å². The van der Waals surface area contributed by atoms with Crippen LogP contribution in [0.2, 0.25) is 0 Å². The number of nitrogens with zero attached hydrogens (tertiary/aromatic N) is 1. The molecule has 0 aliphatic rings. The number of imide groups is 1. The van der Waals surface area contributed by atoms with E-state index in [0.717, 1.165) is 6.07 Å². The van der Waals surface area contributed by atoms with Gasteiger partial charge in [-0.05, 0) is 24.3 Å². The summed E-state index contributed by atoms with van der Waals surface area (Å²) >= 11 is 0.